The van der Waals surface area contributed by atoms with E-state index in [1.807, 2.05) is 20.8 Å². The van der Waals surface area contributed by atoms with Crippen LogP contribution in [0.5, 0.6) is 0 Å². The highest BCUT2D eigenvalue weighted by Crippen LogP contribution is 2.39. The van der Waals surface area contributed by atoms with Gasteiger partial charge in [0.25, 0.3) is 0 Å². The van der Waals surface area contributed by atoms with E-state index in [9.17, 15) is 9.59 Å². The molecular weight excluding hydrogens is 412 g/mol. The summed E-state index contributed by atoms with van der Waals surface area (Å²) in [6.45, 7) is 18.1. The van der Waals surface area contributed by atoms with Crippen molar-refractivity contribution in [1.29, 1.82) is 0 Å². The van der Waals surface area contributed by atoms with Crippen LogP contribution in [0.3, 0.4) is 0 Å². The standard InChI is InChI=1S/C27H48N4O2/c1-19(2)23-16-21(20(3)15-22(23)18-29-26(33)27(4,5)6)17-25(32)31-13-11-30(12-14-31)24-9-7-8-10-28-24/h15,19,21-24,28H,7-14,16-18H2,1-6H3,(H,29,33). The van der Waals surface area contributed by atoms with E-state index in [1.54, 1.807) is 0 Å². The zero-order valence-electron chi connectivity index (χ0n) is 22.0. The fraction of sp³-hybridized carbons (Fsp3) is 0.852. The van der Waals surface area contributed by atoms with Gasteiger partial charge in [-0.3, -0.25) is 14.5 Å². The SMILES string of the molecule is CC1=CC(CNC(=O)C(C)(C)C)C(C(C)C)CC1CC(=O)N1CCN(C2CCCCN2)CC1. The van der Waals surface area contributed by atoms with Crippen molar-refractivity contribution in [1.82, 2.24) is 20.4 Å². The van der Waals surface area contributed by atoms with Crippen LogP contribution >= 0.6 is 0 Å². The zero-order valence-corrected chi connectivity index (χ0v) is 22.0. The average Bonchev–Trinajstić information content (AvgIpc) is 2.78. The van der Waals surface area contributed by atoms with Gasteiger partial charge in [-0.05, 0) is 62.8 Å². The molecule has 2 saturated heterocycles. The lowest BCUT2D eigenvalue weighted by Gasteiger charge is -2.42. The second-order valence-electron chi connectivity index (χ2n) is 12.0. The van der Waals surface area contributed by atoms with E-state index in [-0.39, 0.29) is 11.3 Å². The van der Waals surface area contributed by atoms with Crippen molar-refractivity contribution >= 4 is 11.8 Å². The number of rotatable bonds is 6. The Morgan fingerprint density at radius 3 is 2.42 bits per heavy atom. The van der Waals surface area contributed by atoms with Crippen LogP contribution in [-0.4, -0.2) is 67.0 Å². The third kappa shape index (κ3) is 7.05. The van der Waals surface area contributed by atoms with Gasteiger partial charge in [0.05, 0.1) is 6.17 Å². The van der Waals surface area contributed by atoms with E-state index < -0.39 is 0 Å². The first kappa shape index (κ1) is 26.2. The Hall–Kier alpha value is -1.40. The van der Waals surface area contributed by atoms with Gasteiger partial charge in [0.1, 0.15) is 0 Å². The maximum atomic E-state index is 13.2. The highest BCUT2D eigenvalue weighted by atomic mass is 16.2. The molecule has 3 rings (SSSR count). The van der Waals surface area contributed by atoms with Gasteiger partial charge in [-0.15, -0.1) is 0 Å². The van der Waals surface area contributed by atoms with Gasteiger partial charge in [0.2, 0.25) is 11.8 Å². The highest BCUT2D eigenvalue weighted by molar-refractivity contribution is 5.81. The molecule has 0 radical (unpaired) electrons. The molecule has 4 unspecified atom stereocenters. The Kier molecular flexibility index (Phi) is 9.02. The maximum absolute atomic E-state index is 13.2. The van der Waals surface area contributed by atoms with Gasteiger partial charge in [-0.2, -0.15) is 0 Å². The van der Waals surface area contributed by atoms with Crippen LogP contribution in [0.4, 0.5) is 0 Å². The lowest BCUT2D eigenvalue weighted by atomic mass is 9.69. The first-order valence-electron chi connectivity index (χ1n) is 13.3. The van der Waals surface area contributed by atoms with Crippen molar-refractivity contribution in [3.05, 3.63) is 11.6 Å². The van der Waals surface area contributed by atoms with Crippen molar-refractivity contribution in [2.24, 2.45) is 29.1 Å². The minimum absolute atomic E-state index is 0.107. The molecule has 3 aliphatic rings. The second kappa shape index (κ2) is 11.4. The van der Waals surface area contributed by atoms with Crippen molar-refractivity contribution in [2.45, 2.75) is 79.8 Å². The smallest absolute Gasteiger partial charge is 0.225 e. The Bertz CT molecular complexity index is 697. The fourth-order valence-electron chi connectivity index (χ4n) is 5.75. The van der Waals surface area contributed by atoms with Crippen LogP contribution < -0.4 is 10.6 Å². The zero-order chi connectivity index (χ0) is 24.2. The molecule has 2 amide bonds. The summed E-state index contributed by atoms with van der Waals surface area (Å²) in [5.74, 6) is 2.09. The van der Waals surface area contributed by atoms with Crippen LogP contribution in [0.15, 0.2) is 11.6 Å². The average molecular weight is 461 g/mol. The minimum Gasteiger partial charge on any atom is -0.355 e. The van der Waals surface area contributed by atoms with E-state index in [2.05, 4.69) is 47.3 Å². The summed E-state index contributed by atoms with van der Waals surface area (Å²) in [5, 5.41) is 6.81. The monoisotopic (exact) mass is 460 g/mol. The molecular formula is C27H48N4O2. The molecule has 2 aliphatic heterocycles. The van der Waals surface area contributed by atoms with Crippen LogP contribution in [0.25, 0.3) is 0 Å². The molecule has 1 aliphatic carbocycles. The first-order valence-corrected chi connectivity index (χ1v) is 13.3. The van der Waals surface area contributed by atoms with Crippen LogP contribution in [0, 0.1) is 29.1 Å². The Balaban J connectivity index is 1.54. The second-order valence-corrected chi connectivity index (χ2v) is 12.0. The van der Waals surface area contributed by atoms with Gasteiger partial charge >= 0.3 is 0 Å². The number of nitrogens with zero attached hydrogens (tertiary/aromatic N) is 2. The van der Waals surface area contributed by atoms with E-state index in [1.165, 1.54) is 24.8 Å². The molecule has 0 aromatic rings. The quantitative estimate of drug-likeness (QED) is 0.594. The number of piperazine rings is 1. The van der Waals surface area contributed by atoms with Gasteiger partial charge in [-0.1, -0.05) is 46.3 Å². The summed E-state index contributed by atoms with van der Waals surface area (Å²) in [6, 6.07) is 0. The van der Waals surface area contributed by atoms with Gasteiger partial charge in [-0.25, -0.2) is 0 Å². The molecule has 0 aromatic carbocycles. The molecule has 2 heterocycles. The Morgan fingerprint density at radius 1 is 1.15 bits per heavy atom. The third-order valence-electron chi connectivity index (χ3n) is 8.08. The number of nitrogens with one attached hydrogen (secondary N) is 2. The maximum Gasteiger partial charge on any atom is 0.225 e. The normalized spacial score (nSPS) is 29.7. The molecule has 0 saturated carbocycles. The molecule has 0 spiro atoms. The minimum atomic E-state index is -0.368. The lowest BCUT2D eigenvalue weighted by molar-refractivity contribution is -0.134. The first-order chi connectivity index (χ1) is 15.6. The fourth-order valence-corrected chi connectivity index (χ4v) is 5.75. The van der Waals surface area contributed by atoms with Gasteiger partial charge < -0.3 is 15.5 Å². The van der Waals surface area contributed by atoms with Gasteiger partial charge in [0.15, 0.2) is 0 Å². The van der Waals surface area contributed by atoms with Crippen LogP contribution in [0.2, 0.25) is 0 Å². The predicted octanol–water partition coefficient (Wildman–Crippen LogP) is 3.64. The summed E-state index contributed by atoms with van der Waals surface area (Å²) in [5.41, 5.74) is 0.951. The van der Waals surface area contributed by atoms with Crippen molar-refractivity contribution < 1.29 is 9.59 Å². The molecule has 2 fully saturated rings. The topological polar surface area (TPSA) is 64.7 Å². The van der Waals surface area contributed by atoms with E-state index in [0.29, 0.717) is 48.7 Å². The largest absolute Gasteiger partial charge is 0.355 e. The molecule has 33 heavy (non-hydrogen) atoms. The Morgan fingerprint density at radius 2 is 1.85 bits per heavy atom. The number of carbonyl (C=O) groups is 2. The van der Waals surface area contributed by atoms with E-state index in [0.717, 1.165) is 39.1 Å². The molecule has 188 valence electrons. The molecule has 2 N–H and O–H groups in total. The number of hydrogen-bond donors (Lipinski definition) is 2. The van der Waals surface area contributed by atoms with Gasteiger partial charge in [0, 0.05) is 44.6 Å². The van der Waals surface area contributed by atoms with Crippen molar-refractivity contribution in [3.63, 3.8) is 0 Å². The summed E-state index contributed by atoms with van der Waals surface area (Å²) in [7, 11) is 0. The summed E-state index contributed by atoms with van der Waals surface area (Å²) in [4.78, 5) is 30.2. The number of allylic oxidation sites excluding steroid dienone is 1. The molecule has 6 nitrogen and oxygen atoms in total. The summed E-state index contributed by atoms with van der Waals surface area (Å²) >= 11 is 0. The number of piperidine rings is 1. The van der Waals surface area contributed by atoms with E-state index >= 15 is 0 Å². The number of carbonyl (C=O) groups excluding carboxylic acids is 2. The van der Waals surface area contributed by atoms with Crippen LogP contribution in [0.1, 0.15) is 73.6 Å². The highest BCUT2D eigenvalue weighted by Gasteiger charge is 2.35. The van der Waals surface area contributed by atoms with Crippen LogP contribution in [-0.2, 0) is 9.59 Å². The summed E-state index contributed by atoms with van der Waals surface area (Å²) in [6.07, 6.45) is 8.33. The van der Waals surface area contributed by atoms with Crippen molar-refractivity contribution in [2.75, 3.05) is 39.3 Å². The molecule has 4 atom stereocenters. The predicted molar refractivity (Wildman–Crippen MR) is 135 cm³/mol. The third-order valence-corrected chi connectivity index (χ3v) is 8.08. The number of amides is 2. The molecule has 0 aromatic heterocycles. The van der Waals surface area contributed by atoms with Crippen molar-refractivity contribution in [3.8, 4) is 0 Å². The summed E-state index contributed by atoms with van der Waals surface area (Å²) < 4.78 is 0. The molecule has 6 heteroatoms. The lowest BCUT2D eigenvalue weighted by Crippen LogP contribution is -2.57. The number of hydrogen-bond acceptors (Lipinski definition) is 4. The Labute approximate surface area is 201 Å². The molecule has 0 bridgehead atoms. The van der Waals surface area contributed by atoms with E-state index in [4.69, 9.17) is 0 Å².